The lowest BCUT2D eigenvalue weighted by Crippen LogP contribution is -2.34. The number of amides is 1. The first-order valence-corrected chi connectivity index (χ1v) is 10.9. The third-order valence-electron chi connectivity index (χ3n) is 4.89. The Morgan fingerprint density at radius 1 is 1.08 bits per heavy atom. The van der Waals surface area contributed by atoms with Gasteiger partial charge in [-0.15, -0.1) is 0 Å². The van der Waals surface area contributed by atoms with E-state index in [1.807, 2.05) is 4.90 Å². The van der Waals surface area contributed by atoms with Crippen molar-refractivity contribution < 1.29 is 17.9 Å². The SMILES string of the molecule is CCN(CC)S(=O)(=O)c1ccc(OC)c(C(=O)N2CCCCCCC2)c1. The van der Waals surface area contributed by atoms with E-state index >= 15 is 0 Å². The molecule has 0 aromatic heterocycles. The molecule has 1 heterocycles. The predicted octanol–water partition coefficient (Wildman–Crippen LogP) is 3.13. The summed E-state index contributed by atoms with van der Waals surface area (Å²) >= 11 is 0. The van der Waals surface area contributed by atoms with E-state index in [1.54, 1.807) is 19.9 Å². The van der Waals surface area contributed by atoms with E-state index in [9.17, 15) is 13.2 Å². The van der Waals surface area contributed by atoms with Crippen molar-refractivity contribution >= 4 is 15.9 Å². The Hall–Kier alpha value is -1.60. The number of likely N-dealkylation sites (tertiary alicyclic amines) is 1. The topological polar surface area (TPSA) is 66.9 Å². The zero-order valence-electron chi connectivity index (χ0n) is 16.0. The summed E-state index contributed by atoms with van der Waals surface area (Å²) in [6.07, 6.45) is 5.41. The Labute approximate surface area is 157 Å². The summed E-state index contributed by atoms with van der Waals surface area (Å²) in [6, 6.07) is 4.55. The van der Waals surface area contributed by atoms with Crippen LogP contribution < -0.4 is 4.74 Å². The lowest BCUT2D eigenvalue weighted by atomic mass is 10.1. The summed E-state index contributed by atoms with van der Waals surface area (Å²) in [5, 5.41) is 0. The molecule has 1 aromatic rings. The Balaban J connectivity index is 2.39. The molecule has 1 aliphatic heterocycles. The van der Waals surface area contributed by atoms with Crippen molar-refractivity contribution in [3.63, 3.8) is 0 Å². The number of hydrogen-bond acceptors (Lipinski definition) is 4. The Morgan fingerprint density at radius 3 is 2.19 bits per heavy atom. The molecule has 6 nitrogen and oxygen atoms in total. The molecule has 1 aromatic carbocycles. The molecule has 0 atom stereocenters. The average Bonchev–Trinajstić information content (AvgIpc) is 2.61. The van der Waals surface area contributed by atoms with Crippen molar-refractivity contribution in [2.24, 2.45) is 0 Å². The normalized spacial score (nSPS) is 16.2. The number of rotatable bonds is 6. The highest BCUT2D eigenvalue weighted by Gasteiger charge is 2.26. The zero-order valence-corrected chi connectivity index (χ0v) is 16.8. The van der Waals surface area contributed by atoms with E-state index in [0.29, 0.717) is 37.5 Å². The van der Waals surface area contributed by atoms with E-state index in [4.69, 9.17) is 4.74 Å². The van der Waals surface area contributed by atoms with Gasteiger partial charge in [0.05, 0.1) is 17.6 Å². The van der Waals surface area contributed by atoms with Gasteiger partial charge in [-0.2, -0.15) is 4.31 Å². The number of sulfonamides is 1. The fourth-order valence-electron chi connectivity index (χ4n) is 3.35. The molecule has 0 N–H and O–H groups in total. The molecule has 1 aliphatic rings. The second-order valence-corrected chi connectivity index (χ2v) is 8.45. The molecule has 1 amide bonds. The molecular weight excluding hydrogens is 352 g/mol. The maximum atomic E-state index is 13.1. The quantitative estimate of drug-likeness (QED) is 0.758. The number of methoxy groups -OCH3 is 1. The van der Waals surface area contributed by atoms with Gasteiger partial charge in [0.1, 0.15) is 5.75 Å². The molecule has 7 heteroatoms. The van der Waals surface area contributed by atoms with Gasteiger partial charge in [-0.3, -0.25) is 4.79 Å². The van der Waals surface area contributed by atoms with Crippen LogP contribution >= 0.6 is 0 Å². The van der Waals surface area contributed by atoms with Gasteiger partial charge in [0.2, 0.25) is 10.0 Å². The number of ether oxygens (including phenoxy) is 1. The molecule has 0 aliphatic carbocycles. The summed E-state index contributed by atoms with van der Waals surface area (Å²) in [6.45, 7) is 5.79. The van der Waals surface area contributed by atoms with Crippen LogP contribution in [0.4, 0.5) is 0 Å². The summed E-state index contributed by atoms with van der Waals surface area (Å²) in [5.41, 5.74) is 0.321. The van der Waals surface area contributed by atoms with Gasteiger partial charge in [0.15, 0.2) is 0 Å². The second kappa shape index (κ2) is 9.37. The monoisotopic (exact) mass is 382 g/mol. The van der Waals surface area contributed by atoms with Gasteiger partial charge in [-0.25, -0.2) is 8.42 Å². The number of benzene rings is 1. The van der Waals surface area contributed by atoms with Gasteiger partial charge in [0, 0.05) is 26.2 Å². The van der Waals surface area contributed by atoms with Crippen molar-refractivity contribution in [2.45, 2.75) is 50.8 Å². The summed E-state index contributed by atoms with van der Waals surface area (Å²) in [5.74, 6) is 0.260. The fraction of sp³-hybridized carbons (Fsp3) is 0.632. The minimum Gasteiger partial charge on any atom is -0.496 e. The maximum absolute atomic E-state index is 13.1. The average molecular weight is 383 g/mol. The minimum atomic E-state index is -3.62. The zero-order chi connectivity index (χ0) is 19.2. The van der Waals surface area contributed by atoms with Gasteiger partial charge in [-0.1, -0.05) is 33.1 Å². The highest BCUT2D eigenvalue weighted by molar-refractivity contribution is 7.89. The fourth-order valence-corrected chi connectivity index (χ4v) is 4.83. The van der Waals surface area contributed by atoms with E-state index < -0.39 is 10.0 Å². The van der Waals surface area contributed by atoms with Gasteiger partial charge in [0.25, 0.3) is 5.91 Å². The Bertz CT molecular complexity index is 706. The van der Waals surface area contributed by atoms with Crippen LogP contribution in [-0.4, -0.2) is 56.8 Å². The van der Waals surface area contributed by atoms with Crippen LogP contribution in [0.1, 0.15) is 56.3 Å². The number of hydrogen-bond donors (Lipinski definition) is 0. The molecule has 0 spiro atoms. The van der Waals surface area contributed by atoms with Crippen molar-refractivity contribution in [3.05, 3.63) is 23.8 Å². The molecular formula is C19H30N2O4S. The van der Waals surface area contributed by atoms with Crippen molar-refractivity contribution in [2.75, 3.05) is 33.3 Å². The summed E-state index contributed by atoms with van der Waals surface area (Å²) < 4.78 is 32.3. The molecule has 0 radical (unpaired) electrons. The molecule has 26 heavy (non-hydrogen) atoms. The molecule has 0 saturated carbocycles. The largest absolute Gasteiger partial charge is 0.496 e. The number of carbonyl (C=O) groups is 1. The lowest BCUT2D eigenvalue weighted by Gasteiger charge is -2.26. The first-order valence-electron chi connectivity index (χ1n) is 9.43. The maximum Gasteiger partial charge on any atom is 0.257 e. The van der Waals surface area contributed by atoms with E-state index in [2.05, 4.69) is 0 Å². The first kappa shape index (κ1) is 20.7. The molecule has 0 bridgehead atoms. The van der Waals surface area contributed by atoms with Crippen LogP contribution in [0.2, 0.25) is 0 Å². The van der Waals surface area contributed by atoms with Gasteiger partial charge in [-0.05, 0) is 31.0 Å². The van der Waals surface area contributed by atoms with Crippen LogP contribution in [0.3, 0.4) is 0 Å². The Kier molecular flexibility index (Phi) is 7.46. The molecule has 0 unspecified atom stereocenters. The van der Waals surface area contributed by atoms with Crippen LogP contribution in [0.25, 0.3) is 0 Å². The van der Waals surface area contributed by atoms with Crippen molar-refractivity contribution in [3.8, 4) is 5.75 Å². The molecule has 1 fully saturated rings. The van der Waals surface area contributed by atoms with E-state index in [0.717, 1.165) is 25.7 Å². The summed E-state index contributed by atoms with van der Waals surface area (Å²) in [4.78, 5) is 15.0. The van der Waals surface area contributed by atoms with E-state index in [1.165, 1.54) is 30.0 Å². The van der Waals surface area contributed by atoms with Crippen molar-refractivity contribution in [1.29, 1.82) is 0 Å². The molecule has 1 saturated heterocycles. The second-order valence-electron chi connectivity index (χ2n) is 6.51. The van der Waals surface area contributed by atoms with Crippen LogP contribution in [0.15, 0.2) is 23.1 Å². The van der Waals surface area contributed by atoms with Gasteiger partial charge >= 0.3 is 0 Å². The number of nitrogens with zero attached hydrogens (tertiary/aromatic N) is 2. The predicted molar refractivity (Wildman–Crippen MR) is 102 cm³/mol. The number of carbonyl (C=O) groups excluding carboxylic acids is 1. The first-order chi connectivity index (χ1) is 12.5. The minimum absolute atomic E-state index is 0.136. The standard InChI is InChI=1S/C19H30N2O4S/c1-4-21(5-2)26(23,24)16-11-12-18(25-3)17(15-16)19(22)20-13-9-7-6-8-10-14-20/h11-12,15H,4-10,13-14H2,1-3H3. The highest BCUT2D eigenvalue weighted by atomic mass is 32.2. The van der Waals surface area contributed by atoms with Gasteiger partial charge < -0.3 is 9.64 Å². The molecule has 2 rings (SSSR count). The smallest absolute Gasteiger partial charge is 0.257 e. The molecule has 146 valence electrons. The van der Waals surface area contributed by atoms with Crippen LogP contribution in [-0.2, 0) is 10.0 Å². The third-order valence-corrected chi connectivity index (χ3v) is 6.93. The van der Waals surface area contributed by atoms with E-state index in [-0.39, 0.29) is 10.8 Å². The van der Waals surface area contributed by atoms with Crippen molar-refractivity contribution in [1.82, 2.24) is 9.21 Å². The van der Waals surface area contributed by atoms with Crippen LogP contribution in [0.5, 0.6) is 5.75 Å². The van der Waals surface area contributed by atoms with Crippen LogP contribution in [0, 0.1) is 0 Å². The summed E-state index contributed by atoms with van der Waals surface area (Å²) in [7, 11) is -2.12. The third kappa shape index (κ3) is 4.57. The highest BCUT2D eigenvalue weighted by Crippen LogP contribution is 2.26. The Morgan fingerprint density at radius 2 is 1.65 bits per heavy atom. The lowest BCUT2D eigenvalue weighted by molar-refractivity contribution is 0.0738.